The number of ether oxygens (including phenoxy) is 1. The third-order valence-electron chi connectivity index (χ3n) is 2.23. The predicted molar refractivity (Wildman–Crippen MR) is 60.0 cm³/mol. The number of carbonyl (C=O) groups is 1. The van der Waals surface area contributed by atoms with E-state index < -0.39 is 5.97 Å². The van der Waals surface area contributed by atoms with Crippen LogP contribution in [-0.4, -0.2) is 33.3 Å². The molecule has 0 bridgehead atoms. The van der Waals surface area contributed by atoms with E-state index in [1.807, 2.05) is 31.2 Å². The minimum atomic E-state index is -0.404. The van der Waals surface area contributed by atoms with Crippen molar-refractivity contribution in [3.8, 4) is 11.4 Å². The Labute approximate surface area is 98.2 Å². The molecule has 0 radical (unpaired) electrons. The SMILES string of the molecule is COC(=O)Cn1nnc(-c2cccc(C)c2)n1. The number of methoxy groups -OCH3 is 1. The van der Waals surface area contributed by atoms with Gasteiger partial charge in [-0.1, -0.05) is 23.8 Å². The van der Waals surface area contributed by atoms with Crippen molar-refractivity contribution in [3.63, 3.8) is 0 Å². The van der Waals surface area contributed by atoms with Crippen molar-refractivity contribution >= 4 is 5.97 Å². The van der Waals surface area contributed by atoms with E-state index in [2.05, 4.69) is 20.1 Å². The lowest BCUT2D eigenvalue weighted by molar-refractivity contribution is -0.141. The van der Waals surface area contributed by atoms with E-state index in [1.165, 1.54) is 11.9 Å². The first-order valence-corrected chi connectivity index (χ1v) is 5.10. The first-order valence-electron chi connectivity index (χ1n) is 5.10. The second-order valence-corrected chi connectivity index (χ2v) is 3.59. The Morgan fingerprint density at radius 3 is 3.00 bits per heavy atom. The molecule has 6 nitrogen and oxygen atoms in total. The zero-order valence-corrected chi connectivity index (χ0v) is 9.62. The summed E-state index contributed by atoms with van der Waals surface area (Å²) in [5.74, 6) is 0.0933. The van der Waals surface area contributed by atoms with Gasteiger partial charge in [0.15, 0.2) is 6.54 Å². The van der Waals surface area contributed by atoms with Crippen molar-refractivity contribution in [2.75, 3.05) is 7.11 Å². The van der Waals surface area contributed by atoms with Crippen LogP contribution in [-0.2, 0) is 16.1 Å². The lowest BCUT2D eigenvalue weighted by Gasteiger charge is -1.97. The first-order chi connectivity index (χ1) is 8.19. The average molecular weight is 232 g/mol. The summed E-state index contributed by atoms with van der Waals surface area (Å²) in [7, 11) is 1.32. The number of hydrogen-bond donors (Lipinski definition) is 0. The van der Waals surface area contributed by atoms with Crippen molar-refractivity contribution in [2.24, 2.45) is 0 Å². The number of carbonyl (C=O) groups excluding carboxylic acids is 1. The fourth-order valence-corrected chi connectivity index (χ4v) is 1.39. The van der Waals surface area contributed by atoms with Crippen molar-refractivity contribution in [1.82, 2.24) is 20.2 Å². The minimum absolute atomic E-state index is 0.0324. The number of rotatable bonds is 3. The Bertz CT molecular complexity index is 536. The minimum Gasteiger partial charge on any atom is -0.468 e. The van der Waals surface area contributed by atoms with Gasteiger partial charge in [0.2, 0.25) is 5.82 Å². The molecule has 1 aromatic heterocycles. The van der Waals surface area contributed by atoms with E-state index in [-0.39, 0.29) is 6.54 Å². The molecule has 0 unspecified atom stereocenters. The highest BCUT2D eigenvalue weighted by Gasteiger charge is 2.08. The highest BCUT2D eigenvalue weighted by Crippen LogP contribution is 2.14. The maximum atomic E-state index is 11.0. The summed E-state index contributed by atoms with van der Waals surface area (Å²) in [5, 5.41) is 11.8. The van der Waals surface area contributed by atoms with Gasteiger partial charge in [-0.2, -0.15) is 4.80 Å². The van der Waals surface area contributed by atoms with Gasteiger partial charge in [0.1, 0.15) is 0 Å². The molecule has 1 heterocycles. The second-order valence-electron chi connectivity index (χ2n) is 3.59. The van der Waals surface area contributed by atoms with Gasteiger partial charge < -0.3 is 4.74 Å². The van der Waals surface area contributed by atoms with Crippen molar-refractivity contribution in [2.45, 2.75) is 13.5 Å². The number of nitrogens with zero attached hydrogens (tertiary/aromatic N) is 4. The van der Waals surface area contributed by atoms with Crippen LogP contribution < -0.4 is 0 Å². The molecular formula is C11H12N4O2. The van der Waals surface area contributed by atoms with Gasteiger partial charge in [0.25, 0.3) is 0 Å². The molecule has 0 saturated heterocycles. The van der Waals surface area contributed by atoms with Crippen LogP contribution in [0.15, 0.2) is 24.3 Å². The number of aromatic nitrogens is 4. The van der Waals surface area contributed by atoms with Gasteiger partial charge >= 0.3 is 5.97 Å². The monoisotopic (exact) mass is 232 g/mol. The van der Waals surface area contributed by atoms with E-state index in [9.17, 15) is 4.79 Å². The summed E-state index contributed by atoms with van der Waals surface area (Å²) < 4.78 is 4.52. The van der Waals surface area contributed by atoms with Crippen molar-refractivity contribution < 1.29 is 9.53 Å². The summed E-state index contributed by atoms with van der Waals surface area (Å²) in [6.45, 7) is 1.96. The van der Waals surface area contributed by atoms with Gasteiger partial charge in [-0.25, -0.2) is 4.79 Å². The molecule has 0 atom stereocenters. The highest BCUT2D eigenvalue weighted by atomic mass is 16.5. The number of tetrazole rings is 1. The van der Waals surface area contributed by atoms with Gasteiger partial charge in [0.05, 0.1) is 7.11 Å². The fraction of sp³-hybridized carbons (Fsp3) is 0.273. The number of esters is 1. The number of benzene rings is 1. The van der Waals surface area contributed by atoms with Crippen LogP contribution in [0, 0.1) is 6.92 Å². The molecule has 0 aliphatic rings. The lowest BCUT2D eigenvalue weighted by atomic mass is 10.1. The first kappa shape index (κ1) is 11.3. The maximum Gasteiger partial charge on any atom is 0.329 e. The van der Waals surface area contributed by atoms with Gasteiger partial charge in [-0.05, 0) is 18.2 Å². The lowest BCUT2D eigenvalue weighted by Crippen LogP contribution is -2.14. The normalized spacial score (nSPS) is 10.2. The molecule has 2 aromatic rings. The third-order valence-corrected chi connectivity index (χ3v) is 2.23. The van der Waals surface area contributed by atoms with Gasteiger partial charge in [-0.3, -0.25) is 0 Å². The maximum absolute atomic E-state index is 11.0. The standard InChI is InChI=1S/C11H12N4O2/c1-8-4-3-5-9(6-8)11-12-14-15(13-11)7-10(16)17-2/h3-6H,7H2,1-2H3. The van der Waals surface area contributed by atoms with E-state index in [0.717, 1.165) is 11.1 Å². The average Bonchev–Trinajstić information content (AvgIpc) is 2.77. The predicted octanol–water partition coefficient (Wildman–Crippen LogP) is 0.822. The van der Waals surface area contributed by atoms with Crippen LogP contribution in [0.25, 0.3) is 11.4 Å². The van der Waals surface area contributed by atoms with Crippen LogP contribution >= 0.6 is 0 Å². The van der Waals surface area contributed by atoms with Crippen LogP contribution in [0.1, 0.15) is 5.56 Å². The molecular weight excluding hydrogens is 220 g/mol. The van der Waals surface area contributed by atoms with Gasteiger partial charge in [-0.15, -0.1) is 10.2 Å². The Morgan fingerprint density at radius 2 is 2.29 bits per heavy atom. The molecule has 1 aromatic carbocycles. The molecule has 0 aliphatic carbocycles. The molecule has 0 N–H and O–H groups in total. The smallest absolute Gasteiger partial charge is 0.329 e. The molecule has 0 saturated carbocycles. The zero-order valence-electron chi connectivity index (χ0n) is 9.62. The largest absolute Gasteiger partial charge is 0.468 e. The molecule has 88 valence electrons. The molecule has 17 heavy (non-hydrogen) atoms. The summed E-state index contributed by atoms with van der Waals surface area (Å²) in [6, 6.07) is 7.76. The molecule has 0 fully saturated rings. The molecule has 0 aliphatic heterocycles. The molecule has 0 spiro atoms. The third kappa shape index (κ3) is 2.66. The van der Waals surface area contributed by atoms with E-state index in [1.54, 1.807) is 0 Å². The quantitative estimate of drug-likeness (QED) is 0.733. The van der Waals surface area contributed by atoms with Crippen LogP contribution in [0.2, 0.25) is 0 Å². The fourth-order valence-electron chi connectivity index (χ4n) is 1.39. The van der Waals surface area contributed by atoms with Crippen molar-refractivity contribution in [1.29, 1.82) is 0 Å². The van der Waals surface area contributed by atoms with Gasteiger partial charge in [0, 0.05) is 5.56 Å². The Kier molecular flexibility index (Phi) is 3.13. The van der Waals surface area contributed by atoms with Crippen LogP contribution in [0.3, 0.4) is 0 Å². The summed E-state index contributed by atoms with van der Waals surface area (Å²) in [5.41, 5.74) is 1.99. The summed E-state index contributed by atoms with van der Waals surface area (Å²) >= 11 is 0. The van der Waals surface area contributed by atoms with E-state index in [4.69, 9.17) is 0 Å². The highest BCUT2D eigenvalue weighted by molar-refractivity contribution is 5.68. The number of aryl methyl sites for hydroxylation is 1. The zero-order chi connectivity index (χ0) is 12.3. The second kappa shape index (κ2) is 4.73. The summed E-state index contributed by atoms with van der Waals surface area (Å²) in [6.07, 6.45) is 0. The topological polar surface area (TPSA) is 69.9 Å². The number of hydrogen-bond acceptors (Lipinski definition) is 5. The summed E-state index contributed by atoms with van der Waals surface area (Å²) in [4.78, 5) is 12.2. The Hall–Kier alpha value is -2.24. The van der Waals surface area contributed by atoms with E-state index >= 15 is 0 Å². The molecule has 0 amide bonds. The molecule has 6 heteroatoms. The van der Waals surface area contributed by atoms with Crippen molar-refractivity contribution in [3.05, 3.63) is 29.8 Å². The molecule has 2 rings (SSSR count). The van der Waals surface area contributed by atoms with Crippen LogP contribution in [0.4, 0.5) is 0 Å². The van der Waals surface area contributed by atoms with E-state index in [0.29, 0.717) is 5.82 Å². The van der Waals surface area contributed by atoms with Crippen LogP contribution in [0.5, 0.6) is 0 Å². The Morgan fingerprint density at radius 1 is 1.47 bits per heavy atom. The Balaban J connectivity index is 2.21.